The molecular weight excluding hydrogens is 329 g/mol. The number of thiazole rings is 1. The summed E-state index contributed by atoms with van der Waals surface area (Å²) < 4.78 is 1.03. The summed E-state index contributed by atoms with van der Waals surface area (Å²) in [6.45, 7) is 4.71. The molecule has 21 heavy (non-hydrogen) atoms. The summed E-state index contributed by atoms with van der Waals surface area (Å²) in [6.07, 6.45) is 0.894. The van der Waals surface area contributed by atoms with E-state index in [0.29, 0.717) is 18.0 Å². The van der Waals surface area contributed by atoms with Crippen molar-refractivity contribution in [3.63, 3.8) is 0 Å². The maximum Gasteiger partial charge on any atom is 0.251 e. The molecule has 2 rings (SSSR count). The number of carbonyl (C=O) groups is 1. The molecule has 1 aromatic heterocycles. The fraction of sp³-hybridized carbons (Fsp3) is 0.429. The van der Waals surface area contributed by atoms with Crippen LogP contribution in [0.2, 0.25) is 0 Å². The molecule has 0 fully saturated rings. The topological polar surface area (TPSA) is 68.0 Å². The van der Waals surface area contributed by atoms with Gasteiger partial charge in [-0.3, -0.25) is 4.79 Å². The van der Waals surface area contributed by atoms with Crippen LogP contribution in [0.5, 0.6) is 0 Å². The number of rotatable bonds is 5. The molecule has 0 aliphatic heterocycles. The van der Waals surface area contributed by atoms with Crippen molar-refractivity contribution < 1.29 is 4.79 Å². The quantitative estimate of drug-likeness (QED) is 0.870. The largest absolute Gasteiger partial charge is 0.348 e. The van der Waals surface area contributed by atoms with Crippen LogP contribution in [0, 0.1) is 5.92 Å². The molecule has 0 spiro atoms. The molecule has 0 aliphatic rings. The lowest BCUT2D eigenvalue weighted by molar-refractivity contribution is 0.0934. The number of halogens is 2. The van der Waals surface area contributed by atoms with E-state index in [1.54, 1.807) is 11.6 Å². The van der Waals surface area contributed by atoms with E-state index in [2.05, 4.69) is 24.1 Å². The third-order valence-corrected chi connectivity index (χ3v) is 3.76. The Bertz CT molecular complexity index is 574. The maximum atomic E-state index is 12.2. The van der Waals surface area contributed by atoms with Crippen LogP contribution in [-0.2, 0) is 0 Å². The van der Waals surface area contributed by atoms with Crippen LogP contribution < -0.4 is 11.1 Å². The molecule has 1 amide bonds. The summed E-state index contributed by atoms with van der Waals surface area (Å²) in [5.41, 5.74) is 9.08. The molecule has 1 unspecified atom stereocenters. The number of nitrogens with two attached hydrogens (primary N) is 1. The van der Waals surface area contributed by atoms with Gasteiger partial charge in [0.2, 0.25) is 0 Å². The van der Waals surface area contributed by atoms with Crippen LogP contribution in [0.4, 0.5) is 0 Å². The number of hydrogen-bond donors (Lipinski definition) is 2. The van der Waals surface area contributed by atoms with Gasteiger partial charge in [0.1, 0.15) is 0 Å². The summed E-state index contributed by atoms with van der Waals surface area (Å²) in [7, 11) is 0. The first kappa shape index (κ1) is 20.1. The highest BCUT2D eigenvalue weighted by Crippen LogP contribution is 2.19. The fourth-order valence-electron chi connectivity index (χ4n) is 2.05. The van der Waals surface area contributed by atoms with Gasteiger partial charge in [0.05, 0.1) is 15.7 Å². The number of nitrogens with zero attached hydrogens (tertiary/aromatic N) is 1. The first-order valence-corrected chi connectivity index (χ1v) is 7.32. The van der Waals surface area contributed by atoms with Gasteiger partial charge in [-0.25, -0.2) is 4.98 Å². The van der Waals surface area contributed by atoms with Crippen molar-refractivity contribution >= 4 is 52.3 Å². The smallest absolute Gasteiger partial charge is 0.251 e. The van der Waals surface area contributed by atoms with Crippen LogP contribution in [0.3, 0.4) is 0 Å². The predicted octanol–water partition coefficient (Wildman–Crippen LogP) is 3.24. The minimum atomic E-state index is -0.0635. The van der Waals surface area contributed by atoms with Gasteiger partial charge in [0.25, 0.3) is 5.91 Å². The van der Waals surface area contributed by atoms with Crippen molar-refractivity contribution in [2.24, 2.45) is 11.7 Å². The third-order valence-electron chi connectivity index (χ3n) is 2.97. The molecule has 0 saturated carbocycles. The Labute approximate surface area is 141 Å². The summed E-state index contributed by atoms with van der Waals surface area (Å²) in [5, 5.41) is 2.99. The number of hydrogen-bond acceptors (Lipinski definition) is 4. The summed E-state index contributed by atoms with van der Waals surface area (Å²) >= 11 is 1.54. The molecule has 0 radical (unpaired) electrons. The highest BCUT2D eigenvalue weighted by Gasteiger charge is 2.14. The van der Waals surface area contributed by atoms with Crippen LogP contribution in [-0.4, -0.2) is 23.5 Å². The fourth-order valence-corrected chi connectivity index (χ4v) is 2.76. The normalized spacial score (nSPS) is 11.6. The van der Waals surface area contributed by atoms with E-state index in [4.69, 9.17) is 5.73 Å². The maximum absolute atomic E-state index is 12.2. The van der Waals surface area contributed by atoms with E-state index in [1.807, 2.05) is 12.1 Å². The summed E-state index contributed by atoms with van der Waals surface area (Å²) in [5.74, 6) is 0.448. The van der Waals surface area contributed by atoms with Crippen molar-refractivity contribution in [1.82, 2.24) is 10.3 Å². The van der Waals surface area contributed by atoms with Crippen LogP contribution in [0.15, 0.2) is 23.7 Å². The lowest BCUT2D eigenvalue weighted by Gasteiger charge is -2.18. The van der Waals surface area contributed by atoms with E-state index in [0.717, 1.165) is 16.6 Å². The molecular formula is C14H21Cl2N3OS. The Morgan fingerprint density at radius 3 is 2.71 bits per heavy atom. The molecule has 2 aromatic rings. The number of aromatic nitrogens is 1. The third kappa shape index (κ3) is 5.43. The first-order chi connectivity index (χ1) is 9.10. The van der Waals surface area contributed by atoms with E-state index in [1.165, 1.54) is 11.3 Å². The van der Waals surface area contributed by atoms with Gasteiger partial charge in [-0.05, 0) is 30.5 Å². The molecule has 1 heterocycles. The van der Waals surface area contributed by atoms with Crippen LogP contribution >= 0.6 is 36.2 Å². The van der Waals surface area contributed by atoms with E-state index in [9.17, 15) is 4.79 Å². The van der Waals surface area contributed by atoms with Gasteiger partial charge in [0.15, 0.2) is 0 Å². The molecule has 7 heteroatoms. The van der Waals surface area contributed by atoms with Gasteiger partial charge in [-0.2, -0.15) is 0 Å². The zero-order valence-electron chi connectivity index (χ0n) is 12.0. The van der Waals surface area contributed by atoms with Crippen molar-refractivity contribution in [1.29, 1.82) is 0 Å². The number of carbonyl (C=O) groups excluding carboxylic acids is 1. The second-order valence-electron chi connectivity index (χ2n) is 5.07. The van der Waals surface area contributed by atoms with Crippen molar-refractivity contribution in [2.75, 3.05) is 6.54 Å². The highest BCUT2D eigenvalue weighted by atomic mass is 35.5. The number of fused-ring (bicyclic) bond motifs is 1. The molecule has 3 N–H and O–H groups in total. The Hall–Kier alpha value is -0.880. The average Bonchev–Trinajstić information content (AvgIpc) is 2.84. The SMILES string of the molecule is CC(C)CC(CN)NC(=O)c1ccc2ncsc2c1.Cl.Cl. The predicted molar refractivity (Wildman–Crippen MR) is 93.9 cm³/mol. The molecule has 1 atom stereocenters. The Kier molecular flexibility index (Phi) is 8.82. The lowest BCUT2D eigenvalue weighted by Crippen LogP contribution is -2.41. The summed E-state index contributed by atoms with van der Waals surface area (Å²) in [4.78, 5) is 16.4. The van der Waals surface area contributed by atoms with Gasteiger partial charge in [-0.1, -0.05) is 13.8 Å². The number of benzene rings is 1. The Morgan fingerprint density at radius 2 is 2.10 bits per heavy atom. The molecule has 1 aromatic carbocycles. The van der Waals surface area contributed by atoms with Crippen LogP contribution in [0.25, 0.3) is 10.2 Å². The second-order valence-corrected chi connectivity index (χ2v) is 5.96. The number of nitrogens with one attached hydrogen (secondary N) is 1. The summed E-state index contributed by atoms with van der Waals surface area (Å²) in [6, 6.07) is 5.59. The minimum absolute atomic E-state index is 0. The molecule has 118 valence electrons. The molecule has 0 bridgehead atoms. The van der Waals surface area contributed by atoms with Gasteiger partial charge in [0, 0.05) is 18.2 Å². The van der Waals surface area contributed by atoms with E-state index in [-0.39, 0.29) is 36.8 Å². The van der Waals surface area contributed by atoms with Crippen molar-refractivity contribution in [3.8, 4) is 0 Å². The van der Waals surface area contributed by atoms with Crippen molar-refractivity contribution in [2.45, 2.75) is 26.3 Å². The Balaban J connectivity index is 0.00000200. The molecule has 0 saturated heterocycles. The standard InChI is InChI=1S/C14H19N3OS.2ClH/c1-9(2)5-11(7-15)17-14(18)10-3-4-12-13(6-10)19-8-16-12;;/h3-4,6,8-9,11H,5,7,15H2,1-2H3,(H,17,18);2*1H. The zero-order valence-corrected chi connectivity index (χ0v) is 14.5. The van der Waals surface area contributed by atoms with Gasteiger partial charge >= 0.3 is 0 Å². The van der Waals surface area contributed by atoms with Gasteiger partial charge < -0.3 is 11.1 Å². The highest BCUT2D eigenvalue weighted by molar-refractivity contribution is 7.16. The molecule has 0 aliphatic carbocycles. The second kappa shape index (κ2) is 9.20. The van der Waals surface area contributed by atoms with E-state index < -0.39 is 0 Å². The lowest BCUT2D eigenvalue weighted by atomic mass is 10.0. The Morgan fingerprint density at radius 1 is 1.38 bits per heavy atom. The number of amides is 1. The van der Waals surface area contributed by atoms with Crippen molar-refractivity contribution in [3.05, 3.63) is 29.3 Å². The first-order valence-electron chi connectivity index (χ1n) is 6.44. The zero-order chi connectivity index (χ0) is 13.8. The molecule has 4 nitrogen and oxygen atoms in total. The van der Waals surface area contributed by atoms with E-state index >= 15 is 0 Å². The van der Waals surface area contributed by atoms with Crippen LogP contribution in [0.1, 0.15) is 30.6 Å². The monoisotopic (exact) mass is 349 g/mol. The average molecular weight is 350 g/mol. The minimum Gasteiger partial charge on any atom is -0.348 e. The van der Waals surface area contributed by atoms with Gasteiger partial charge in [-0.15, -0.1) is 36.2 Å².